The van der Waals surface area contributed by atoms with E-state index in [0.717, 1.165) is 0 Å². The maximum atomic E-state index is 2.24. The van der Waals surface area contributed by atoms with Crippen LogP contribution in [0.1, 0.15) is 113 Å². The van der Waals surface area contributed by atoms with E-state index >= 15 is 0 Å². The zero-order chi connectivity index (χ0) is 10.4. The van der Waals surface area contributed by atoms with Gasteiger partial charge in [-0.05, 0) is 10.8 Å². The molecule has 0 saturated carbocycles. The molecule has 124 valence electrons. The standard InChI is InChI=1S/2C6H14.6CH4/c2*1-5-6(2,3)4;;;;;;/h2*5H2,1-4H3;6*1H4. The third kappa shape index (κ3) is 100. The van der Waals surface area contributed by atoms with Crippen LogP contribution in [0.25, 0.3) is 0 Å². The molecule has 18 heavy (non-hydrogen) atoms. The minimum Gasteiger partial charge on any atom is -0.0776 e. The van der Waals surface area contributed by atoms with Gasteiger partial charge in [0.15, 0.2) is 0 Å². The maximum Gasteiger partial charge on any atom is -0.0385 e. The monoisotopic (exact) mass is 268 g/mol. The van der Waals surface area contributed by atoms with Gasteiger partial charge in [0.25, 0.3) is 0 Å². The van der Waals surface area contributed by atoms with Crippen molar-refractivity contribution in [3.8, 4) is 0 Å². The summed E-state index contributed by atoms with van der Waals surface area (Å²) in [4.78, 5) is 0. The van der Waals surface area contributed by atoms with E-state index in [9.17, 15) is 0 Å². The van der Waals surface area contributed by atoms with E-state index < -0.39 is 0 Å². The Bertz CT molecular complexity index is 73.6. The second-order valence-corrected chi connectivity index (χ2v) is 5.83. The average molecular weight is 269 g/mol. The first-order valence-corrected chi connectivity index (χ1v) is 5.12. The van der Waals surface area contributed by atoms with Crippen molar-refractivity contribution in [2.45, 2.75) is 113 Å². The van der Waals surface area contributed by atoms with Crippen LogP contribution in [-0.2, 0) is 0 Å². The summed E-state index contributed by atoms with van der Waals surface area (Å²) in [5.74, 6) is 0. The van der Waals surface area contributed by atoms with Crippen LogP contribution in [0.2, 0.25) is 0 Å². The maximum absolute atomic E-state index is 2.24. The van der Waals surface area contributed by atoms with E-state index in [4.69, 9.17) is 0 Å². The summed E-state index contributed by atoms with van der Waals surface area (Å²) >= 11 is 0. The van der Waals surface area contributed by atoms with Crippen molar-refractivity contribution in [2.75, 3.05) is 0 Å². The lowest BCUT2D eigenvalue weighted by atomic mass is 9.94. The second kappa shape index (κ2) is 22.2. The van der Waals surface area contributed by atoms with Crippen LogP contribution in [0.5, 0.6) is 0 Å². The molecule has 0 atom stereocenters. The first kappa shape index (κ1) is 52.0. The lowest BCUT2D eigenvalue weighted by Crippen LogP contribution is -2.00. The highest BCUT2D eigenvalue weighted by molar-refractivity contribution is 4.55. The van der Waals surface area contributed by atoms with Gasteiger partial charge in [-0.2, -0.15) is 0 Å². The number of rotatable bonds is 0. The lowest BCUT2D eigenvalue weighted by Gasteiger charge is -2.12. The summed E-state index contributed by atoms with van der Waals surface area (Å²) in [6.45, 7) is 17.9. The number of hydrogen-bond donors (Lipinski definition) is 0. The largest absolute Gasteiger partial charge is 0.0776 e. The molecule has 0 heterocycles. The quantitative estimate of drug-likeness (QED) is 0.412. The van der Waals surface area contributed by atoms with Crippen LogP contribution >= 0.6 is 0 Å². The molecule has 0 aliphatic heterocycles. The fraction of sp³-hybridized carbons (Fsp3) is 1.00. The topological polar surface area (TPSA) is 0 Å². The zero-order valence-corrected chi connectivity index (χ0v) is 10.4. The van der Waals surface area contributed by atoms with Crippen molar-refractivity contribution in [3.05, 3.63) is 0 Å². The van der Waals surface area contributed by atoms with Gasteiger partial charge in [0.1, 0.15) is 0 Å². The molecule has 0 unspecified atom stereocenters. The summed E-state index contributed by atoms with van der Waals surface area (Å²) in [7, 11) is 0. The molecule has 0 fully saturated rings. The molecule has 0 aromatic heterocycles. The fourth-order valence-corrected chi connectivity index (χ4v) is 0. The molecule has 0 nitrogen and oxygen atoms in total. The SMILES string of the molecule is C.C.C.C.C.C.CCC(C)(C)C.CCC(C)(C)C. The van der Waals surface area contributed by atoms with Crippen LogP contribution in [0, 0.1) is 10.8 Å². The molecule has 0 N–H and O–H groups in total. The van der Waals surface area contributed by atoms with Gasteiger partial charge in [-0.3, -0.25) is 0 Å². The Morgan fingerprint density at radius 1 is 0.444 bits per heavy atom. The molecule has 0 heteroatoms. The summed E-state index contributed by atoms with van der Waals surface area (Å²) in [6, 6.07) is 0. The van der Waals surface area contributed by atoms with E-state index in [1.807, 2.05) is 0 Å². The molecular formula is C18H52. The molecule has 0 bridgehead atoms. The Kier molecular flexibility index (Phi) is 64.2. The van der Waals surface area contributed by atoms with Crippen molar-refractivity contribution in [1.82, 2.24) is 0 Å². The Morgan fingerprint density at radius 2 is 0.500 bits per heavy atom. The van der Waals surface area contributed by atoms with Crippen LogP contribution in [0.4, 0.5) is 0 Å². The summed E-state index contributed by atoms with van der Waals surface area (Å²) in [5, 5.41) is 0. The third-order valence-corrected chi connectivity index (χ3v) is 2.12. The van der Waals surface area contributed by atoms with Gasteiger partial charge >= 0.3 is 0 Å². The minimum absolute atomic E-state index is 0. The Balaban J connectivity index is -0.0000000139. The van der Waals surface area contributed by atoms with Crippen LogP contribution in [0.15, 0.2) is 0 Å². The zero-order valence-electron chi connectivity index (χ0n) is 10.4. The second-order valence-electron chi connectivity index (χ2n) is 5.83. The molecule has 0 rings (SSSR count). The first-order valence-electron chi connectivity index (χ1n) is 5.12. The fourth-order valence-electron chi connectivity index (χ4n) is 0. The molecule has 0 amide bonds. The predicted octanol–water partition coefficient (Wildman–Crippen LogP) is 8.70. The van der Waals surface area contributed by atoms with Crippen molar-refractivity contribution >= 4 is 0 Å². The Labute approximate surface area is 124 Å². The highest BCUT2D eigenvalue weighted by Crippen LogP contribution is 2.16. The van der Waals surface area contributed by atoms with Gasteiger partial charge < -0.3 is 0 Å². The molecule has 0 aromatic rings. The predicted molar refractivity (Wildman–Crippen MR) is 99.9 cm³/mol. The van der Waals surface area contributed by atoms with Gasteiger partial charge in [-0.1, -0.05) is 113 Å². The van der Waals surface area contributed by atoms with E-state index in [2.05, 4.69) is 55.4 Å². The Hall–Kier alpha value is 0. The summed E-state index contributed by atoms with van der Waals surface area (Å²) in [6.07, 6.45) is 2.54. The van der Waals surface area contributed by atoms with Crippen molar-refractivity contribution in [2.24, 2.45) is 10.8 Å². The van der Waals surface area contributed by atoms with Gasteiger partial charge in [0, 0.05) is 0 Å². The number of hydrogen-bond acceptors (Lipinski definition) is 0. The minimum atomic E-state index is 0. The summed E-state index contributed by atoms with van der Waals surface area (Å²) in [5.41, 5.74) is 1.08. The van der Waals surface area contributed by atoms with Crippen LogP contribution in [0.3, 0.4) is 0 Å². The van der Waals surface area contributed by atoms with Gasteiger partial charge in [0.2, 0.25) is 0 Å². The van der Waals surface area contributed by atoms with Crippen LogP contribution < -0.4 is 0 Å². The van der Waals surface area contributed by atoms with E-state index in [0.29, 0.717) is 10.8 Å². The molecule has 0 aromatic carbocycles. The van der Waals surface area contributed by atoms with Gasteiger partial charge in [-0.25, -0.2) is 0 Å². The third-order valence-electron chi connectivity index (χ3n) is 2.12. The first-order chi connectivity index (χ1) is 5.12. The molecule has 0 spiro atoms. The summed E-state index contributed by atoms with van der Waals surface area (Å²) < 4.78 is 0. The molecule has 0 aliphatic carbocycles. The lowest BCUT2D eigenvalue weighted by molar-refractivity contribution is 0.397. The van der Waals surface area contributed by atoms with Crippen LogP contribution in [-0.4, -0.2) is 0 Å². The molecule has 0 radical (unpaired) electrons. The van der Waals surface area contributed by atoms with Crippen molar-refractivity contribution in [1.29, 1.82) is 0 Å². The normalized spacial score (nSPS) is 8.00. The molecule has 0 saturated heterocycles. The van der Waals surface area contributed by atoms with E-state index in [1.54, 1.807) is 0 Å². The van der Waals surface area contributed by atoms with Crippen molar-refractivity contribution in [3.63, 3.8) is 0 Å². The highest BCUT2D eigenvalue weighted by Gasteiger charge is 2.03. The highest BCUT2D eigenvalue weighted by atomic mass is 14.1. The molecular weight excluding hydrogens is 216 g/mol. The van der Waals surface area contributed by atoms with Gasteiger partial charge in [0.05, 0.1) is 0 Å². The van der Waals surface area contributed by atoms with E-state index in [-0.39, 0.29) is 44.6 Å². The molecule has 0 aliphatic rings. The average Bonchev–Trinajstić information content (AvgIpc) is 1.86. The smallest absolute Gasteiger partial charge is 0.0385 e. The van der Waals surface area contributed by atoms with E-state index in [1.165, 1.54) is 12.8 Å². The van der Waals surface area contributed by atoms with Gasteiger partial charge in [-0.15, -0.1) is 0 Å². The Morgan fingerprint density at radius 3 is 0.500 bits per heavy atom. The van der Waals surface area contributed by atoms with Crippen molar-refractivity contribution < 1.29 is 0 Å².